The van der Waals surface area contributed by atoms with E-state index in [0.29, 0.717) is 19.1 Å². The lowest BCUT2D eigenvalue weighted by atomic mass is 9.77. The van der Waals surface area contributed by atoms with Crippen LogP contribution in [0.25, 0.3) is 0 Å². The maximum absolute atomic E-state index is 10.1. The molecule has 1 aliphatic heterocycles. The summed E-state index contributed by atoms with van der Waals surface area (Å²) < 4.78 is 11.6. The Balaban J connectivity index is 2.00. The number of fused-ring (bicyclic) bond motifs is 2. The summed E-state index contributed by atoms with van der Waals surface area (Å²) >= 11 is 0. The Morgan fingerprint density at radius 1 is 1.14 bits per heavy atom. The second-order valence-corrected chi connectivity index (χ2v) is 5.06. The van der Waals surface area contributed by atoms with Gasteiger partial charge in [0.05, 0.1) is 24.7 Å². The van der Waals surface area contributed by atoms with Gasteiger partial charge in [-0.1, -0.05) is 6.92 Å². The predicted molar refractivity (Wildman–Crippen MR) is 50.7 cm³/mol. The molecule has 0 amide bonds. The molecule has 3 atom stereocenters. The zero-order valence-corrected chi connectivity index (χ0v) is 8.66. The lowest BCUT2D eigenvalue weighted by Crippen LogP contribution is -2.50. The molecule has 0 unspecified atom stereocenters. The Hall–Kier alpha value is -0.120. The smallest absolute Gasteiger partial charge is 0.176 e. The maximum Gasteiger partial charge on any atom is 0.176 e. The van der Waals surface area contributed by atoms with Crippen LogP contribution in [0.15, 0.2) is 0 Å². The van der Waals surface area contributed by atoms with E-state index in [2.05, 4.69) is 6.92 Å². The molecule has 14 heavy (non-hydrogen) atoms. The number of hydrogen-bond acceptors (Lipinski definition) is 3. The third-order valence-electron chi connectivity index (χ3n) is 4.73. The van der Waals surface area contributed by atoms with E-state index in [1.54, 1.807) is 0 Å². The van der Waals surface area contributed by atoms with Gasteiger partial charge in [0.2, 0.25) is 0 Å². The van der Waals surface area contributed by atoms with Crippen LogP contribution in [0.2, 0.25) is 0 Å². The Labute approximate surface area is 84.4 Å². The molecular weight excluding hydrogens is 180 g/mol. The van der Waals surface area contributed by atoms with Gasteiger partial charge in [0.25, 0.3) is 0 Å². The highest BCUT2D eigenvalue weighted by molar-refractivity contribution is 5.10. The van der Waals surface area contributed by atoms with E-state index in [9.17, 15) is 5.11 Å². The molecule has 0 radical (unpaired) electrons. The summed E-state index contributed by atoms with van der Waals surface area (Å²) in [6.07, 6.45) is 3.91. The number of rotatable bonds is 0. The van der Waals surface area contributed by atoms with Gasteiger partial charge >= 0.3 is 0 Å². The van der Waals surface area contributed by atoms with Gasteiger partial charge in [-0.25, -0.2) is 0 Å². The maximum atomic E-state index is 10.1. The first kappa shape index (κ1) is 9.13. The van der Waals surface area contributed by atoms with E-state index in [1.807, 2.05) is 0 Å². The van der Waals surface area contributed by atoms with Crippen molar-refractivity contribution in [1.29, 1.82) is 0 Å². The van der Waals surface area contributed by atoms with Gasteiger partial charge < -0.3 is 14.6 Å². The third kappa shape index (κ3) is 0.841. The molecule has 2 saturated carbocycles. The predicted octanol–water partition coefficient (Wildman–Crippen LogP) is 1.30. The third-order valence-corrected chi connectivity index (χ3v) is 4.73. The Kier molecular flexibility index (Phi) is 1.77. The highest BCUT2D eigenvalue weighted by atomic mass is 16.7. The van der Waals surface area contributed by atoms with Gasteiger partial charge in [0, 0.05) is 6.42 Å². The minimum atomic E-state index is -0.451. The van der Waals surface area contributed by atoms with Crippen LogP contribution in [0.5, 0.6) is 0 Å². The van der Waals surface area contributed by atoms with Crippen molar-refractivity contribution in [2.45, 2.75) is 44.5 Å². The van der Waals surface area contributed by atoms with Crippen molar-refractivity contribution in [3.8, 4) is 0 Å². The van der Waals surface area contributed by atoms with E-state index in [4.69, 9.17) is 9.47 Å². The molecule has 3 rings (SSSR count). The van der Waals surface area contributed by atoms with E-state index in [1.165, 1.54) is 0 Å². The van der Waals surface area contributed by atoms with Crippen LogP contribution in [0.4, 0.5) is 0 Å². The first-order valence-corrected chi connectivity index (χ1v) is 5.65. The minimum Gasteiger partial charge on any atom is -0.392 e. The van der Waals surface area contributed by atoms with E-state index >= 15 is 0 Å². The first-order chi connectivity index (χ1) is 6.69. The number of hydrogen-bond donors (Lipinski definition) is 1. The van der Waals surface area contributed by atoms with Gasteiger partial charge in [0.1, 0.15) is 0 Å². The van der Waals surface area contributed by atoms with Crippen LogP contribution in [-0.2, 0) is 9.47 Å². The molecule has 3 aliphatic rings. The van der Waals surface area contributed by atoms with Crippen LogP contribution < -0.4 is 0 Å². The minimum absolute atomic E-state index is 0.149. The van der Waals surface area contributed by atoms with Crippen LogP contribution >= 0.6 is 0 Å². The lowest BCUT2D eigenvalue weighted by molar-refractivity contribution is -0.242. The average Bonchev–Trinajstić information content (AvgIpc) is 2.80. The second kappa shape index (κ2) is 2.71. The summed E-state index contributed by atoms with van der Waals surface area (Å²) in [5.74, 6) is 0.142. The van der Waals surface area contributed by atoms with Crippen LogP contribution in [-0.4, -0.2) is 30.2 Å². The molecule has 0 aromatic heterocycles. The standard InChI is InChI=1S/C11H18O3/c1-10-8(2-3-9(10)12)4-5-11(10)13-6-7-14-11/h8-9,12H,2-7H2,1H3/t8-,9-,10+/m1/s1. The van der Waals surface area contributed by atoms with E-state index in [-0.39, 0.29) is 11.5 Å². The molecule has 1 N–H and O–H groups in total. The molecule has 0 aromatic carbocycles. The fourth-order valence-electron chi connectivity index (χ4n) is 3.78. The van der Waals surface area contributed by atoms with Crippen LogP contribution in [0.1, 0.15) is 32.6 Å². The summed E-state index contributed by atoms with van der Waals surface area (Å²) in [5, 5.41) is 10.1. The summed E-state index contributed by atoms with van der Waals surface area (Å²) in [7, 11) is 0. The van der Waals surface area contributed by atoms with Crippen molar-refractivity contribution >= 4 is 0 Å². The molecule has 2 aliphatic carbocycles. The number of aliphatic hydroxyl groups excluding tert-OH is 1. The van der Waals surface area contributed by atoms with Gasteiger partial charge in [-0.05, 0) is 25.2 Å². The zero-order valence-electron chi connectivity index (χ0n) is 8.66. The van der Waals surface area contributed by atoms with Crippen molar-refractivity contribution in [3.63, 3.8) is 0 Å². The second-order valence-electron chi connectivity index (χ2n) is 5.06. The molecule has 3 nitrogen and oxygen atoms in total. The quantitative estimate of drug-likeness (QED) is 0.637. The number of ether oxygens (including phenoxy) is 2. The molecule has 1 saturated heterocycles. The summed E-state index contributed by atoms with van der Waals surface area (Å²) in [6, 6.07) is 0. The first-order valence-electron chi connectivity index (χ1n) is 5.65. The topological polar surface area (TPSA) is 38.7 Å². The largest absolute Gasteiger partial charge is 0.392 e. The zero-order chi connectivity index (χ0) is 9.81. The van der Waals surface area contributed by atoms with E-state index < -0.39 is 5.79 Å². The van der Waals surface area contributed by atoms with Gasteiger partial charge in [-0.3, -0.25) is 0 Å². The fraction of sp³-hybridized carbons (Fsp3) is 1.00. The highest BCUT2D eigenvalue weighted by Crippen LogP contribution is 2.61. The van der Waals surface area contributed by atoms with Gasteiger partial charge in [-0.15, -0.1) is 0 Å². The monoisotopic (exact) mass is 198 g/mol. The van der Waals surface area contributed by atoms with E-state index in [0.717, 1.165) is 25.7 Å². The molecule has 1 spiro atoms. The van der Waals surface area contributed by atoms with Crippen LogP contribution in [0.3, 0.4) is 0 Å². The average molecular weight is 198 g/mol. The summed E-state index contributed by atoms with van der Waals surface area (Å²) in [5.41, 5.74) is -0.149. The Morgan fingerprint density at radius 3 is 2.57 bits per heavy atom. The SMILES string of the molecule is C[C@]12[C@H](CC[C@H]1O)CCC21OCCO1. The van der Waals surface area contributed by atoms with Crippen LogP contribution in [0, 0.1) is 11.3 Å². The summed E-state index contributed by atoms with van der Waals surface area (Å²) in [4.78, 5) is 0. The van der Waals surface area contributed by atoms with Crippen molar-refractivity contribution in [2.24, 2.45) is 11.3 Å². The lowest BCUT2D eigenvalue weighted by Gasteiger charge is -2.41. The van der Waals surface area contributed by atoms with Gasteiger partial charge in [0.15, 0.2) is 5.79 Å². The Bertz CT molecular complexity index is 247. The molecule has 3 fully saturated rings. The van der Waals surface area contributed by atoms with Crippen molar-refractivity contribution in [2.75, 3.05) is 13.2 Å². The molecule has 80 valence electrons. The normalized spacial score (nSPS) is 50.1. The molecule has 0 aromatic rings. The molecule has 3 heteroatoms. The summed E-state index contributed by atoms with van der Waals surface area (Å²) in [6.45, 7) is 3.53. The fourth-order valence-corrected chi connectivity index (χ4v) is 3.78. The highest BCUT2D eigenvalue weighted by Gasteiger charge is 2.66. The Morgan fingerprint density at radius 2 is 1.86 bits per heavy atom. The number of aliphatic hydroxyl groups is 1. The van der Waals surface area contributed by atoms with Crippen molar-refractivity contribution in [3.05, 3.63) is 0 Å². The molecule has 1 heterocycles. The van der Waals surface area contributed by atoms with Crippen molar-refractivity contribution < 1.29 is 14.6 Å². The molecular formula is C11H18O3. The van der Waals surface area contributed by atoms with Gasteiger partial charge in [-0.2, -0.15) is 0 Å². The molecule has 0 bridgehead atoms. The van der Waals surface area contributed by atoms with Crippen molar-refractivity contribution in [1.82, 2.24) is 0 Å².